The van der Waals surface area contributed by atoms with Gasteiger partial charge in [-0.25, -0.2) is 0 Å². The van der Waals surface area contributed by atoms with E-state index in [1.165, 1.54) is 0 Å². The number of ether oxygens (including phenoxy) is 2. The van der Waals surface area contributed by atoms with Crippen LogP contribution in [0.5, 0.6) is 0 Å². The van der Waals surface area contributed by atoms with Crippen LogP contribution in [0, 0.1) is 0 Å². The van der Waals surface area contributed by atoms with Gasteiger partial charge in [-0.2, -0.15) is 23.7 Å². The van der Waals surface area contributed by atoms with Gasteiger partial charge in [0, 0.05) is 37.4 Å². The Morgan fingerprint density at radius 3 is 1.83 bits per heavy atom. The molecule has 1 N–H and O–H groups in total. The van der Waals surface area contributed by atoms with Crippen LogP contribution >= 0.6 is 0 Å². The first kappa shape index (κ1) is 20.4. The summed E-state index contributed by atoms with van der Waals surface area (Å²) in [5.74, 6) is 0.270. The fraction of sp³-hybridized carbons (Fsp3) is 0.474. The summed E-state index contributed by atoms with van der Waals surface area (Å²) in [5, 5.41) is 2.16. The predicted octanol–water partition coefficient (Wildman–Crippen LogP) is 1.42. The Morgan fingerprint density at radius 2 is 1.37 bits per heavy atom. The molecule has 4 rings (SSSR count). The van der Waals surface area contributed by atoms with E-state index in [1.54, 1.807) is 24.3 Å². The van der Waals surface area contributed by atoms with Crippen molar-refractivity contribution >= 4 is 23.5 Å². The maximum absolute atomic E-state index is 12.4. The SMILES string of the molecule is O=C(Nc1ccc(-c2nc(N3CCOCC3)nc(N3CCOCC3)n2)cc1)C(F)F. The largest absolute Gasteiger partial charge is 0.378 e. The highest BCUT2D eigenvalue weighted by atomic mass is 19.3. The molecule has 0 spiro atoms. The summed E-state index contributed by atoms with van der Waals surface area (Å²) < 4.78 is 35.7. The van der Waals surface area contributed by atoms with E-state index in [2.05, 4.69) is 30.1 Å². The van der Waals surface area contributed by atoms with E-state index in [-0.39, 0.29) is 5.69 Å². The molecule has 1 aromatic heterocycles. The Morgan fingerprint density at radius 1 is 0.867 bits per heavy atom. The Hall–Kier alpha value is -2.92. The number of rotatable bonds is 5. The van der Waals surface area contributed by atoms with E-state index in [0.29, 0.717) is 75.9 Å². The number of alkyl halides is 2. The molecule has 1 aromatic carbocycles. The summed E-state index contributed by atoms with van der Waals surface area (Å²) in [6.45, 7) is 5.15. The molecule has 2 aromatic rings. The summed E-state index contributed by atoms with van der Waals surface area (Å²) in [6.07, 6.45) is -3.07. The number of halogens is 2. The summed E-state index contributed by atoms with van der Waals surface area (Å²) >= 11 is 0. The summed E-state index contributed by atoms with van der Waals surface area (Å²) in [5.41, 5.74) is 0.969. The lowest BCUT2D eigenvalue weighted by Gasteiger charge is -2.30. The van der Waals surface area contributed by atoms with Crippen LogP contribution < -0.4 is 15.1 Å². The molecule has 2 fully saturated rings. The maximum atomic E-state index is 12.4. The van der Waals surface area contributed by atoms with Gasteiger partial charge in [0.25, 0.3) is 5.91 Å². The van der Waals surface area contributed by atoms with Gasteiger partial charge in [0.2, 0.25) is 11.9 Å². The summed E-state index contributed by atoms with van der Waals surface area (Å²) in [4.78, 5) is 29.2. The first-order valence-electron chi connectivity index (χ1n) is 9.71. The summed E-state index contributed by atoms with van der Waals surface area (Å²) in [7, 11) is 0. The smallest absolute Gasteiger partial charge is 0.315 e. The second kappa shape index (κ2) is 9.26. The van der Waals surface area contributed by atoms with Gasteiger partial charge in [0.1, 0.15) is 0 Å². The quantitative estimate of drug-likeness (QED) is 0.777. The highest BCUT2D eigenvalue weighted by Crippen LogP contribution is 2.24. The standard InChI is InChI=1S/C19H22F2N6O3/c20-15(21)17(28)22-14-3-1-13(2-4-14)16-23-18(26-5-9-29-10-6-26)25-19(24-16)27-7-11-30-12-8-27/h1-4,15H,5-12H2,(H,22,28). The lowest BCUT2D eigenvalue weighted by atomic mass is 10.2. The number of hydrogen-bond acceptors (Lipinski definition) is 8. The monoisotopic (exact) mass is 420 g/mol. The molecule has 0 saturated carbocycles. The van der Waals surface area contributed by atoms with Crippen molar-refractivity contribution in [1.82, 2.24) is 15.0 Å². The van der Waals surface area contributed by atoms with E-state index < -0.39 is 12.3 Å². The van der Waals surface area contributed by atoms with Crippen molar-refractivity contribution in [3.63, 3.8) is 0 Å². The van der Waals surface area contributed by atoms with Crippen LogP contribution in [0.3, 0.4) is 0 Å². The molecule has 0 atom stereocenters. The molecule has 1 amide bonds. The highest BCUT2D eigenvalue weighted by molar-refractivity contribution is 5.93. The van der Waals surface area contributed by atoms with E-state index in [0.717, 1.165) is 0 Å². The van der Waals surface area contributed by atoms with Gasteiger partial charge in [0.05, 0.1) is 26.4 Å². The molecule has 30 heavy (non-hydrogen) atoms. The van der Waals surface area contributed by atoms with Crippen molar-refractivity contribution in [2.75, 3.05) is 67.7 Å². The minimum absolute atomic E-state index is 0.278. The van der Waals surface area contributed by atoms with Gasteiger partial charge in [-0.15, -0.1) is 0 Å². The van der Waals surface area contributed by atoms with E-state index >= 15 is 0 Å². The Kier molecular flexibility index (Phi) is 6.29. The first-order valence-corrected chi connectivity index (χ1v) is 9.71. The third-order valence-electron chi connectivity index (χ3n) is 4.81. The number of carbonyl (C=O) groups is 1. The van der Waals surface area contributed by atoms with Crippen molar-refractivity contribution in [3.8, 4) is 11.4 Å². The zero-order valence-corrected chi connectivity index (χ0v) is 16.3. The molecule has 9 nitrogen and oxygen atoms in total. The van der Waals surface area contributed by atoms with Crippen LogP contribution in [0.4, 0.5) is 26.4 Å². The topological polar surface area (TPSA) is 92.7 Å². The Labute approximate surface area is 172 Å². The number of aromatic nitrogens is 3. The van der Waals surface area contributed by atoms with Gasteiger partial charge in [-0.3, -0.25) is 4.79 Å². The van der Waals surface area contributed by atoms with Gasteiger partial charge in [-0.05, 0) is 24.3 Å². The number of nitrogens with zero attached hydrogens (tertiary/aromatic N) is 5. The number of benzene rings is 1. The van der Waals surface area contributed by atoms with Crippen LogP contribution in [0.15, 0.2) is 24.3 Å². The van der Waals surface area contributed by atoms with Crippen molar-refractivity contribution in [3.05, 3.63) is 24.3 Å². The third-order valence-corrected chi connectivity index (χ3v) is 4.81. The van der Waals surface area contributed by atoms with E-state index in [4.69, 9.17) is 9.47 Å². The van der Waals surface area contributed by atoms with Crippen molar-refractivity contribution < 1.29 is 23.0 Å². The minimum Gasteiger partial charge on any atom is -0.378 e. The molecule has 3 heterocycles. The van der Waals surface area contributed by atoms with Crippen molar-refractivity contribution in [2.24, 2.45) is 0 Å². The average molecular weight is 420 g/mol. The predicted molar refractivity (Wildman–Crippen MR) is 106 cm³/mol. The van der Waals surface area contributed by atoms with Crippen LogP contribution in [-0.2, 0) is 14.3 Å². The van der Waals surface area contributed by atoms with Crippen LogP contribution in [0.25, 0.3) is 11.4 Å². The fourth-order valence-electron chi connectivity index (χ4n) is 3.19. The van der Waals surface area contributed by atoms with Gasteiger partial charge >= 0.3 is 6.43 Å². The molecule has 0 aliphatic carbocycles. The normalized spacial score (nSPS) is 17.3. The van der Waals surface area contributed by atoms with Gasteiger partial charge < -0.3 is 24.6 Å². The number of hydrogen-bond donors (Lipinski definition) is 1. The maximum Gasteiger partial charge on any atom is 0.315 e. The number of anilines is 3. The number of nitrogens with one attached hydrogen (secondary N) is 1. The first-order chi connectivity index (χ1) is 14.6. The third kappa shape index (κ3) is 4.79. The molecule has 11 heteroatoms. The summed E-state index contributed by atoms with van der Waals surface area (Å²) in [6, 6.07) is 6.45. The molecule has 2 saturated heterocycles. The highest BCUT2D eigenvalue weighted by Gasteiger charge is 2.21. The lowest BCUT2D eigenvalue weighted by Crippen LogP contribution is -2.40. The molecule has 160 valence electrons. The minimum atomic E-state index is -3.07. The van der Waals surface area contributed by atoms with Gasteiger partial charge in [-0.1, -0.05) is 0 Å². The average Bonchev–Trinajstić information content (AvgIpc) is 2.80. The van der Waals surface area contributed by atoms with Crippen LogP contribution in [0.1, 0.15) is 0 Å². The number of amides is 1. The van der Waals surface area contributed by atoms with Gasteiger partial charge in [0.15, 0.2) is 5.82 Å². The molecule has 0 bridgehead atoms. The molecular weight excluding hydrogens is 398 g/mol. The second-order valence-corrected chi connectivity index (χ2v) is 6.83. The molecular formula is C19H22F2N6O3. The van der Waals surface area contributed by atoms with E-state index in [9.17, 15) is 13.6 Å². The second-order valence-electron chi connectivity index (χ2n) is 6.83. The van der Waals surface area contributed by atoms with Crippen molar-refractivity contribution in [2.45, 2.75) is 6.43 Å². The van der Waals surface area contributed by atoms with Crippen LogP contribution in [-0.4, -0.2) is 79.9 Å². The van der Waals surface area contributed by atoms with Crippen molar-refractivity contribution in [1.29, 1.82) is 0 Å². The number of carbonyl (C=O) groups excluding carboxylic acids is 1. The Balaban J connectivity index is 1.63. The zero-order chi connectivity index (χ0) is 20.9. The fourth-order valence-corrected chi connectivity index (χ4v) is 3.19. The zero-order valence-electron chi connectivity index (χ0n) is 16.3. The number of morpholine rings is 2. The van der Waals surface area contributed by atoms with E-state index in [1.807, 2.05) is 0 Å². The van der Waals surface area contributed by atoms with Crippen LogP contribution in [0.2, 0.25) is 0 Å². The molecule has 2 aliphatic rings. The molecule has 0 radical (unpaired) electrons. The molecule has 2 aliphatic heterocycles. The lowest BCUT2D eigenvalue weighted by molar-refractivity contribution is -0.126. The Bertz CT molecular complexity index is 835. The molecule has 0 unspecified atom stereocenters.